The average Bonchev–Trinajstić information content (AvgIpc) is 2.67. The van der Waals surface area contributed by atoms with E-state index in [1.54, 1.807) is 18.8 Å². The lowest BCUT2D eigenvalue weighted by Crippen LogP contribution is -2.46. The minimum atomic E-state index is -0.195. The molecule has 1 saturated heterocycles. The molecule has 1 aromatic rings. The highest BCUT2D eigenvalue weighted by Crippen LogP contribution is 2.21. The van der Waals surface area contributed by atoms with Gasteiger partial charge in [0.2, 0.25) is 5.91 Å². The Morgan fingerprint density at radius 2 is 2.00 bits per heavy atom. The molecule has 1 aliphatic heterocycles. The lowest BCUT2D eigenvalue weighted by Gasteiger charge is -2.34. The van der Waals surface area contributed by atoms with E-state index in [0.717, 1.165) is 55.5 Å². The van der Waals surface area contributed by atoms with Crippen molar-refractivity contribution >= 4 is 23.6 Å². The summed E-state index contributed by atoms with van der Waals surface area (Å²) in [7, 11) is 3.50. The molecule has 1 aromatic carbocycles. The zero-order chi connectivity index (χ0) is 18.8. The molecule has 1 fully saturated rings. The first-order chi connectivity index (χ1) is 12.6. The summed E-state index contributed by atoms with van der Waals surface area (Å²) in [4.78, 5) is 19.2. The molecule has 0 atom stereocenters. The van der Waals surface area contributed by atoms with Crippen LogP contribution in [-0.4, -0.2) is 56.2 Å². The lowest BCUT2D eigenvalue weighted by atomic mass is 9.93. The molecule has 5 nitrogen and oxygen atoms in total. The number of guanidine groups is 1. The molecule has 0 spiro atoms. The third-order valence-corrected chi connectivity index (χ3v) is 5.66. The van der Waals surface area contributed by atoms with Gasteiger partial charge in [-0.3, -0.25) is 9.79 Å². The SMILES string of the molecule is CN=C(NCCCSc1ccc(F)cc1)N1CCC(CC(=O)NC)CC1. The van der Waals surface area contributed by atoms with Gasteiger partial charge in [-0.1, -0.05) is 0 Å². The zero-order valence-corrected chi connectivity index (χ0v) is 16.4. The van der Waals surface area contributed by atoms with Gasteiger partial charge in [0.25, 0.3) is 0 Å². The number of benzene rings is 1. The number of halogens is 1. The van der Waals surface area contributed by atoms with Crippen LogP contribution in [0.25, 0.3) is 0 Å². The van der Waals surface area contributed by atoms with Crippen LogP contribution in [0.2, 0.25) is 0 Å². The average molecular weight is 381 g/mol. The molecule has 1 aliphatic rings. The van der Waals surface area contributed by atoms with E-state index in [-0.39, 0.29) is 11.7 Å². The Morgan fingerprint density at radius 3 is 2.62 bits per heavy atom. The normalized spacial score (nSPS) is 15.8. The number of nitrogens with zero attached hydrogens (tertiary/aromatic N) is 2. The molecule has 1 heterocycles. The maximum atomic E-state index is 12.9. The molecule has 0 aliphatic carbocycles. The van der Waals surface area contributed by atoms with Crippen molar-refractivity contribution in [2.75, 3.05) is 39.5 Å². The molecule has 144 valence electrons. The van der Waals surface area contributed by atoms with E-state index in [2.05, 4.69) is 20.5 Å². The van der Waals surface area contributed by atoms with Crippen LogP contribution in [0.15, 0.2) is 34.2 Å². The summed E-state index contributed by atoms with van der Waals surface area (Å²) in [6.45, 7) is 2.73. The van der Waals surface area contributed by atoms with E-state index in [0.29, 0.717) is 12.3 Å². The number of amides is 1. The number of hydrogen-bond acceptors (Lipinski definition) is 3. The Kier molecular flexibility index (Phi) is 8.74. The van der Waals surface area contributed by atoms with Crippen molar-refractivity contribution in [3.05, 3.63) is 30.1 Å². The smallest absolute Gasteiger partial charge is 0.220 e. The minimum Gasteiger partial charge on any atom is -0.359 e. The fourth-order valence-corrected chi connectivity index (χ4v) is 3.89. The Bertz CT molecular complexity index is 586. The second-order valence-electron chi connectivity index (χ2n) is 6.44. The van der Waals surface area contributed by atoms with Gasteiger partial charge in [-0.05, 0) is 55.2 Å². The van der Waals surface area contributed by atoms with Crippen LogP contribution in [0.3, 0.4) is 0 Å². The molecule has 1 amide bonds. The van der Waals surface area contributed by atoms with Gasteiger partial charge in [0.1, 0.15) is 5.82 Å². The number of nitrogens with one attached hydrogen (secondary N) is 2. The third kappa shape index (κ3) is 6.86. The molecule has 0 radical (unpaired) electrons. The molecule has 26 heavy (non-hydrogen) atoms. The number of thioether (sulfide) groups is 1. The first kappa shape index (κ1) is 20.6. The van der Waals surface area contributed by atoms with Crippen molar-refractivity contribution in [2.24, 2.45) is 10.9 Å². The molecular weight excluding hydrogens is 351 g/mol. The van der Waals surface area contributed by atoms with Gasteiger partial charge in [0.05, 0.1) is 0 Å². The number of aliphatic imine (C=N–C) groups is 1. The Morgan fingerprint density at radius 1 is 1.31 bits per heavy atom. The zero-order valence-electron chi connectivity index (χ0n) is 15.6. The van der Waals surface area contributed by atoms with Crippen molar-refractivity contribution in [1.29, 1.82) is 0 Å². The van der Waals surface area contributed by atoms with Crippen LogP contribution in [-0.2, 0) is 4.79 Å². The van der Waals surface area contributed by atoms with Gasteiger partial charge in [-0.15, -0.1) is 11.8 Å². The van der Waals surface area contributed by atoms with Gasteiger partial charge in [-0.25, -0.2) is 4.39 Å². The Labute approximate surface area is 159 Å². The summed E-state index contributed by atoms with van der Waals surface area (Å²) in [6.07, 6.45) is 3.67. The number of carbonyl (C=O) groups is 1. The predicted molar refractivity (Wildman–Crippen MR) is 106 cm³/mol. The van der Waals surface area contributed by atoms with Crippen molar-refractivity contribution < 1.29 is 9.18 Å². The lowest BCUT2D eigenvalue weighted by molar-refractivity contribution is -0.121. The first-order valence-corrected chi connectivity index (χ1v) is 10.2. The van der Waals surface area contributed by atoms with Gasteiger partial charge in [-0.2, -0.15) is 0 Å². The third-order valence-electron chi connectivity index (χ3n) is 4.57. The largest absolute Gasteiger partial charge is 0.359 e. The Hall–Kier alpha value is -1.76. The van der Waals surface area contributed by atoms with Crippen LogP contribution in [0, 0.1) is 11.7 Å². The Balaban J connectivity index is 1.63. The van der Waals surface area contributed by atoms with Gasteiger partial charge < -0.3 is 15.5 Å². The fraction of sp³-hybridized carbons (Fsp3) is 0.579. The molecule has 2 N–H and O–H groups in total. The second kappa shape index (κ2) is 11.1. The van der Waals surface area contributed by atoms with E-state index in [1.165, 1.54) is 12.1 Å². The van der Waals surface area contributed by atoms with E-state index in [4.69, 9.17) is 0 Å². The summed E-state index contributed by atoms with van der Waals surface area (Å²) in [5, 5.41) is 6.13. The van der Waals surface area contributed by atoms with Gasteiger partial charge in [0, 0.05) is 45.0 Å². The molecular formula is C19H29FN4OS. The van der Waals surface area contributed by atoms with Crippen LogP contribution in [0.5, 0.6) is 0 Å². The van der Waals surface area contributed by atoms with E-state index >= 15 is 0 Å². The highest BCUT2D eigenvalue weighted by atomic mass is 32.2. The van der Waals surface area contributed by atoms with Crippen molar-refractivity contribution in [1.82, 2.24) is 15.5 Å². The number of carbonyl (C=O) groups excluding carboxylic acids is 1. The monoisotopic (exact) mass is 380 g/mol. The highest BCUT2D eigenvalue weighted by Gasteiger charge is 2.22. The van der Waals surface area contributed by atoms with Crippen molar-refractivity contribution in [3.63, 3.8) is 0 Å². The quantitative estimate of drug-likeness (QED) is 0.331. The van der Waals surface area contributed by atoms with Gasteiger partial charge >= 0.3 is 0 Å². The second-order valence-corrected chi connectivity index (χ2v) is 7.61. The summed E-state index contributed by atoms with van der Waals surface area (Å²) < 4.78 is 12.9. The maximum absolute atomic E-state index is 12.9. The van der Waals surface area contributed by atoms with Gasteiger partial charge in [0.15, 0.2) is 5.96 Å². The van der Waals surface area contributed by atoms with Crippen molar-refractivity contribution in [3.8, 4) is 0 Å². The predicted octanol–water partition coefficient (Wildman–Crippen LogP) is 2.73. The van der Waals surface area contributed by atoms with Crippen LogP contribution in [0.4, 0.5) is 4.39 Å². The highest BCUT2D eigenvalue weighted by molar-refractivity contribution is 7.99. The topological polar surface area (TPSA) is 56.7 Å². The first-order valence-electron chi connectivity index (χ1n) is 9.17. The summed E-state index contributed by atoms with van der Waals surface area (Å²) in [6, 6.07) is 6.62. The molecule has 0 unspecified atom stereocenters. The molecule has 0 aromatic heterocycles. The fourth-order valence-electron chi connectivity index (χ4n) is 3.04. The number of likely N-dealkylation sites (tertiary alicyclic amines) is 1. The standard InChI is InChI=1S/C19H29FN4OS/c1-21-18(25)14-15-8-11-24(12-9-15)19(22-2)23-10-3-13-26-17-6-4-16(20)5-7-17/h4-7,15H,3,8-14H2,1-2H3,(H,21,25)(H,22,23). The van der Waals surface area contributed by atoms with Crippen molar-refractivity contribution in [2.45, 2.75) is 30.6 Å². The summed E-state index contributed by atoms with van der Waals surface area (Å²) in [5.41, 5.74) is 0. The van der Waals surface area contributed by atoms with Crippen LogP contribution >= 0.6 is 11.8 Å². The summed E-state index contributed by atoms with van der Waals surface area (Å²) >= 11 is 1.73. The maximum Gasteiger partial charge on any atom is 0.220 e. The molecule has 2 rings (SSSR count). The van der Waals surface area contributed by atoms with E-state index < -0.39 is 0 Å². The number of rotatable bonds is 7. The van der Waals surface area contributed by atoms with Crippen LogP contribution in [0.1, 0.15) is 25.7 Å². The van der Waals surface area contributed by atoms with E-state index in [9.17, 15) is 9.18 Å². The summed E-state index contributed by atoms with van der Waals surface area (Å²) in [5.74, 6) is 2.32. The van der Waals surface area contributed by atoms with E-state index in [1.807, 2.05) is 19.2 Å². The minimum absolute atomic E-state index is 0.129. The molecule has 0 bridgehead atoms. The molecule has 0 saturated carbocycles. The van der Waals surface area contributed by atoms with Crippen LogP contribution < -0.4 is 10.6 Å². The number of piperidine rings is 1. The number of hydrogen-bond donors (Lipinski definition) is 2. The molecule has 7 heteroatoms.